The first-order valence-corrected chi connectivity index (χ1v) is 8.46. The highest BCUT2D eigenvalue weighted by molar-refractivity contribution is 7.91. The van der Waals surface area contributed by atoms with E-state index in [1.54, 1.807) is 6.92 Å². The Morgan fingerprint density at radius 3 is 2.64 bits per heavy atom. The zero-order chi connectivity index (χ0) is 16.4. The normalized spacial score (nSPS) is 23.0. The van der Waals surface area contributed by atoms with Gasteiger partial charge < -0.3 is 10.1 Å². The van der Waals surface area contributed by atoms with Crippen LogP contribution in [0.2, 0.25) is 0 Å². The molecule has 6 nitrogen and oxygen atoms in total. The highest BCUT2D eigenvalue weighted by atomic mass is 32.2. The molecule has 0 aromatic heterocycles. The first kappa shape index (κ1) is 16.4. The third kappa shape index (κ3) is 4.03. The fourth-order valence-corrected chi connectivity index (χ4v) is 4.41. The molecule has 0 aliphatic carbocycles. The summed E-state index contributed by atoms with van der Waals surface area (Å²) in [5, 5.41) is 2.54. The number of hydrogen-bond acceptors (Lipinski definition) is 5. The zero-order valence-electron chi connectivity index (χ0n) is 12.0. The number of benzene rings is 1. The second kappa shape index (κ2) is 6.04. The minimum atomic E-state index is -3.15. The molecule has 8 heteroatoms. The Morgan fingerprint density at radius 2 is 2.05 bits per heavy atom. The second-order valence-electron chi connectivity index (χ2n) is 5.51. The van der Waals surface area contributed by atoms with Crippen molar-refractivity contribution in [2.24, 2.45) is 0 Å². The molecule has 2 rings (SSSR count). The van der Waals surface area contributed by atoms with Crippen LogP contribution in [0.1, 0.15) is 23.7 Å². The molecule has 0 saturated carbocycles. The molecule has 1 fully saturated rings. The van der Waals surface area contributed by atoms with Gasteiger partial charge in [-0.05, 0) is 25.5 Å². The van der Waals surface area contributed by atoms with E-state index in [0.717, 1.165) is 6.07 Å². The highest BCUT2D eigenvalue weighted by Crippen LogP contribution is 2.22. The number of esters is 1. The molecule has 1 aliphatic rings. The fourth-order valence-electron chi connectivity index (χ4n) is 2.32. The number of ether oxygens (including phenoxy) is 1. The summed E-state index contributed by atoms with van der Waals surface area (Å²) in [7, 11) is -3.15. The molecule has 22 heavy (non-hydrogen) atoms. The fraction of sp³-hybridized carbons (Fsp3) is 0.429. The Kier molecular flexibility index (Phi) is 4.50. The molecule has 1 heterocycles. The topological polar surface area (TPSA) is 89.5 Å². The van der Waals surface area contributed by atoms with Crippen molar-refractivity contribution in [1.82, 2.24) is 5.32 Å². The minimum Gasteiger partial charge on any atom is -0.452 e. The summed E-state index contributed by atoms with van der Waals surface area (Å²) in [4.78, 5) is 23.4. The number of sulfone groups is 1. The smallest absolute Gasteiger partial charge is 0.341 e. The summed E-state index contributed by atoms with van der Waals surface area (Å²) in [6.45, 7) is 1.02. The molecule has 1 N–H and O–H groups in total. The summed E-state index contributed by atoms with van der Waals surface area (Å²) < 4.78 is 41.0. The maximum absolute atomic E-state index is 13.4. The third-order valence-electron chi connectivity index (χ3n) is 3.37. The molecule has 1 saturated heterocycles. The molecular weight excluding hydrogens is 313 g/mol. The monoisotopic (exact) mass is 329 g/mol. The van der Waals surface area contributed by atoms with Gasteiger partial charge in [0.15, 0.2) is 16.4 Å². The Morgan fingerprint density at radius 1 is 1.36 bits per heavy atom. The van der Waals surface area contributed by atoms with Crippen LogP contribution in [0.15, 0.2) is 24.3 Å². The van der Waals surface area contributed by atoms with E-state index in [0.29, 0.717) is 6.42 Å². The van der Waals surface area contributed by atoms with Gasteiger partial charge in [-0.15, -0.1) is 0 Å². The number of carbonyl (C=O) groups is 2. The molecule has 0 spiro atoms. The van der Waals surface area contributed by atoms with E-state index in [2.05, 4.69) is 5.32 Å². The number of halogens is 1. The van der Waals surface area contributed by atoms with Gasteiger partial charge in [0, 0.05) is 0 Å². The van der Waals surface area contributed by atoms with Crippen LogP contribution >= 0.6 is 0 Å². The van der Waals surface area contributed by atoms with Gasteiger partial charge in [0.05, 0.1) is 22.6 Å². The van der Waals surface area contributed by atoms with Gasteiger partial charge >= 0.3 is 5.97 Å². The van der Waals surface area contributed by atoms with Crippen LogP contribution in [0.5, 0.6) is 0 Å². The largest absolute Gasteiger partial charge is 0.452 e. The van der Waals surface area contributed by atoms with Gasteiger partial charge in [-0.2, -0.15) is 0 Å². The van der Waals surface area contributed by atoms with Crippen molar-refractivity contribution in [2.45, 2.75) is 18.9 Å². The standard InChI is InChI=1S/C14H16FNO5S/c1-14(6-7-22(19,20)9-14)16-12(17)8-21-13(18)10-4-2-3-5-11(10)15/h2-5H,6-9H2,1H3,(H,16,17)/t14-/m1/s1. The van der Waals surface area contributed by atoms with E-state index in [4.69, 9.17) is 4.74 Å². The van der Waals surface area contributed by atoms with E-state index in [9.17, 15) is 22.4 Å². The molecule has 0 unspecified atom stereocenters. The van der Waals surface area contributed by atoms with Crippen molar-refractivity contribution in [2.75, 3.05) is 18.1 Å². The Bertz CT molecular complexity index is 703. The first-order valence-electron chi connectivity index (χ1n) is 6.64. The lowest BCUT2D eigenvalue weighted by Crippen LogP contribution is -2.48. The van der Waals surface area contributed by atoms with Crippen LogP contribution in [0.3, 0.4) is 0 Å². The van der Waals surface area contributed by atoms with Crippen LogP contribution in [0.4, 0.5) is 4.39 Å². The van der Waals surface area contributed by atoms with E-state index in [-0.39, 0.29) is 17.1 Å². The summed E-state index contributed by atoms with van der Waals surface area (Å²) in [6.07, 6.45) is 0.308. The quantitative estimate of drug-likeness (QED) is 0.820. The van der Waals surface area contributed by atoms with Crippen LogP contribution in [0.25, 0.3) is 0 Å². The zero-order valence-corrected chi connectivity index (χ0v) is 12.8. The molecular formula is C14H16FNO5S. The van der Waals surface area contributed by atoms with Crippen molar-refractivity contribution >= 4 is 21.7 Å². The Hall–Kier alpha value is -1.96. The number of amides is 1. The second-order valence-corrected chi connectivity index (χ2v) is 7.69. The number of hydrogen-bond donors (Lipinski definition) is 1. The van der Waals surface area contributed by atoms with Crippen LogP contribution < -0.4 is 5.32 Å². The average molecular weight is 329 g/mol. The number of carbonyl (C=O) groups excluding carboxylic acids is 2. The van der Waals surface area contributed by atoms with Gasteiger partial charge in [-0.25, -0.2) is 17.6 Å². The SMILES string of the molecule is C[C@@]1(NC(=O)COC(=O)c2ccccc2F)CCS(=O)(=O)C1. The Balaban J connectivity index is 1.89. The summed E-state index contributed by atoms with van der Waals surface area (Å²) in [5.74, 6) is -2.44. The lowest BCUT2D eigenvalue weighted by molar-refractivity contribution is -0.125. The molecule has 1 aliphatic heterocycles. The van der Waals surface area contributed by atoms with Gasteiger partial charge in [0.2, 0.25) is 0 Å². The van der Waals surface area contributed by atoms with E-state index >= 15 is 0 Å². The maximum atomic E-state index is 13.4. The first-order chi connectivity index (χ1) is 10.2. The average Bonchev–Trinajstić information content (AvgIpc) is 2.70. The van der Waals surface area contributed by atoms with E-state index in [1.807, 2.05) is 0 Å². The summed E-state index contributed by atoms with van der Waals surface area (Å²) in [6, 6.07) is 5.27. The lowest BCUT2D eigenvalue weighted by atomic mass is 10.0. The molecule has 0 bridgehead atoms. The van der Waals surface area contributed by atoms with Crippen molar-refractivity contribution in [3.8, 4) is 0 Å². The predicted octanol–water partition coefficient (Wildman–Crippen LogP) is 0.676. The molecule has 1 atom stereocenters. The Labute approximate surface area is 127 Å². The summed E-state index contributed by atoms with van der Waals surface area (Å²) in [5.41, 5.74) is -1.12. The molecule has 1 aromatic rings. The molecule has 1 aromatic carbocycles. The van der Waals surface area contributed by atoms with Gasteiger partial charge in [-0.1, -0.05) is 12.1 Å². The maximum Gasteiger partial charge on any atom is 0.341 e. The molecule has 120 valence electrons. The van der Waals surface area contributed by atoms with Crippen molar-refractivity contribution in [1.29, 1.82) is 0 Å². The van der Waals surface area contributed by atoms with E-state index in [1.165, 1.54) is 18.2 Å². The van der Waals surface area contributed by atoms with Gasteiger partial charge in [-0.3, -0.25) is 4.79 Å². The molecule has 1 amide bonds. The van der Waals surface area contributed by atoms with Crippen molar-refractivity contribution in [3.05, 3.63) is 35.6 Å². The highest BCUT2D eigenvalue weighted by Gasteiger charge is 2.39. The number of nitrogens with one attached hydrogen (secondary N) is 1. The molecule has 0 radical (unpaired) electrons. The van der Waals surface area contributed by atoms with Crippen molar-refractivity contribution in [3.63, 3.8) is 0 Å². The van der Waals surface area contributed by atoms with Crippen LogP contribution in [-0.2, 0) is 19.4 Å². The van der Waals surface area contributed by atoms with Crippen LogP contribution in [0, 0.1) is 5.82 Å². The summed E-state index contributed by atoms with van der Waals surface area (Å²) >= 11 is 0. The predicted molar refractivity (Wildman–Crippen MR) is 76.5 cm³/mol. The van der Waals surface area contributed by atoms with Crippen LogP contribution in [-0.4, -0.2) is 43.9 Å². The minimum absolute atomic E-state index is 0.0127. The third-order valence-corrected chi connectivity index (χ3v) is 5.28. The van der Waals surface area contributed by atoms with Gasteiger partial charge in [0.1, 0.15) is 5.82 Å². The van der Waals surface area contributed by atoms with Gasteiger partial charge in [0.25, 0.3) is 5.91 Å². The van der Waals surface area contributed by atoms with E-state index < -0.39 is 39.7 Å². The van der Waals surface area contributed by atoms with Crippen molar-refractivity contribution < 1.29 is 27.1 Å². The number of rotatable bonds is 4. The lowest BCUT2D eigenvalue weighted by Gasteiger charge is -2.23.